The minimum absolute atomic E-state index is 0.153. The van der Waals surface area contributed by atoms with E-state index < -0.39 is 0 Å². The van der Waals surface area contributed by atoms with Gasteiger partial charge in [0, 0.05) is 22.2 Å². The zero-order chi connectivity index (χ0) is 20.0. The van der Waals surface area contributed by atoms with Gasteiger partial charge >= 0.3 is 0 Å². The summed E-state index contributed by atoms with van der Waals surface area (Å²) < 4.78 is 0. The molecular weight excluding hydrogens is 425 g/mol. The minimum Gasteiger partial charge on any atom is -0.342 e. The second kappa shape index (κ2) is 7.53. The number of imidazole rings is 1. The molecule has 2 aliphatic rings. The van der Waals surface area contributed by atoms with Crippen LogP contribution in [0.4, 0.5) is 5.69 Å². The van der Waals surface area contributed by atoms with E-state index in [2.05, 4.69) is 9.97 Å². The molecule has 1 saturated carbocycles. The van der Waals surface area contributed by atoms with Crippen molar-refractivity contribution < 1.29 is 4.79 Å². The smallest absolute Gasteiger partial charge is 0.241 e. The maximum atomic E-state index is 13.5. The first-order valence-electron chi connectivity index (χ1n) is 9.96. The van der Waals surface area contributed by atoms with Gasteiger partial charge in [-0.3, -0.25) is 9.69 Å². The number of halogens is 2. The average molecular weight is 446 g/mol. The molecule has 1 aromatic heterocycles. The molecule has 1 N–H and O–H groups in total. The second-order valence-corrected chi connectivity index (χ2v) is 10.3. The van der Waals surface area contributed by atoms with Crippen LogP contribution in [0.3, 0.4) is 0 Å². The zero-order valence-electron chi connectivity index (χ0n) is 15.8. The summed E-state index contributed by atoms with van der Waals surface area (Å²) in [5, 5.41) is 1.21. The first-order chi connectivity index (χ1) is 14.0. The quantitative estimate of drug-likeness (QED) is 0.520. The Kier molecular flexibility index (Phi) is 5.01. The number of carbonyl (C=O) groups excluding carboxylic acids is 1. The minimum atomic E-state index is -0.164. The Balaban J connectivity index is 1.47. The standard InChI is InChI=1S/C22H21Cl2N3OS/c23-14-4-7-16(8-5-14)27-21(28)19(29-22(27)10-2-1-3-11-22)13-20-25-17-9-6-15(24)12-18(17)26-20/h4-9,12,19H,1-3,10-11,13H2,(H,25,26). The van der Waals surface area contributed by atoms with Gasteiger partial charge in [0.15, 0.2) is 0 Å². The van der Waals surface area contributed by atoms with Crippen LogP contribution in [0.1, 0.15) is 37.9 Å². The van der Waals surface area contributed by atoms with E-state index in [1.807, 2.05) is 59.1 Å². The predicted molar refractivity (Wildman–Crippen MR) is 121 cm³/mol. The lowest BCUT2D eigenvalue weighted by Crippen LogP contribution is -2.46. The molecule has 0 radical (unpaired) electrons. The highest BCUT2D eigenvalue weighted by molar-refractivity contribution is 8.02. The normalized spacial score (nSPS) is 21.4. The fourth-order valence-electron chi connectivity index (χ4n) is 4.55. The molecular formula is C22H21Cl2N3OS. The fraction of sp³-hybridized carbons (Fsp3) is 0.364. The Morgan fingerprint density at radius 2 is 1.79 bits per heavy atom. The monoisotopic (exact) mass is 445 g/mol. The lowest BCUT2D eigenvalue weighted by atomic mass is 9.92. The summed E-state index contributed by atoms with van der Waals surface area (Å²) in [6, 6.07) is 13.3. The van der Waals surface area contributed by atoms with Crippen molar-refractivity contribution in [2.75, 3.05) is 4.90 Å². The summed E-state index contributed by atoms with van der Waals surface area (Å²) in [4.78, 5) is 23.4. The van der Waals surface area contributed by atoms with Gasteiger partial charge in [-0.1, -0.05) is 42.5 Å². The van der Waals surface area contributed by atoms with E-state index in [0.29, 0.717) is 16.5 Å². The van der Waals surface area contributed by atoms with Crippen molar-refractivity contribution in [3.05, 3.63) is 58.3 Å². The van der Waals surface area contributed by atoms with Gasteiger partial charge in [0.2, 0.25) is 5.91 Å². The molecule has 1 aliphatic carbocycles. The van der Waals surface area contributed by atoms with Crippen LogP contribution in [0.15, 0.2) is 42.5 Å². The molecule has 4 nitrogen and oxygen atoms in total. The lowest BCUT2D eigenvalue weighted by Gasteiger charge is -2.40. The van der Waals surface area contributed by atoms with Crippen molar-refractivity contribution in [3.8, 4) is 0 Å². The van der Waals surface area contributed by atoms with E-state index in [4.69, 9.17) is 23.2 Å². The highest BCUT2D eigenvalue weighted by atomic mass is 35.5. The number of amides is 1. The van der Waals surface area contributed by atoms with Crippen molar-refractivity contribution in [1.82, 2.24) is 9.97 Å². The maximum Gasteiger partial charge on any atom is 0.241 e. The third kappa shape index (κ3) is 3.54. The molecule has 1 amide bonds. The first-order valence-corrected chi connectivity index (χ1v) is 11.6. The maximum absolute atomic E-state index is 13.5. The Labute approximate surface area is 184 Å². The van der Waals surface area contributed by atoms with Crippen molar-refractivity contribution in [3.63, 3.8) is 0 Å². The molecule has 2 heterocycles. The number of rotatable bonds is 3. The molecule has 5 rings (SSSR count). The number of hydrogen-bond donors (Lipinski definition) is 1. The first kappa shape index (κ1) is 19.3. The van der Waals surface area contributed by atoms with Crippen LogP contribution >= 0.6 is 35.0 Å². The summed E-state index contributed by atoms with van der Waals surface area (Å²) >= 11 is 14.0. The highest BCUT2D eigenvalue weighted by Gasteiger charge is 2.52. The molecule has 150 valence electrons. The van der Waals surface area contributed by atoms with Crippen LogP contribution in [0.5, 0.6) is 0 Å². The van der Waals surface area contributed by atoms with Crippen LogP contribution < -0.4 is 4.90 Å². The van der Waals surface area contributed by atoms with Gasteiger partial charge in [0.1, 0.15) is 5.82 Å². The van der Waals surface area contributed by atoms with Gasteiger partial charge < -0.3 is 4.98 Å². The number of fused-ring (bicyclic) bond motifs is 1. The molecule has 1 unspecified atom stereocenters. The molecule has 29 heavy (non-hydrogen) atoms. The van der Waals surface area contributed by atoms with Gasteiger partial charge in [0.05, 0.1) is 21.2 Å². The largest absolute Gasteiger partial charge is 0.342 e. The number of anilines is 1. The van der Waals surface area contributed by atoms with E-state index >= 15 is 0 Å². The van der Waals surface area contributed by atoms with E-state index in [1.165, 1.54) is 6.42 Å². The Morgan fingerprint density at radius 3 is 2.55 bits per heavy atom. The van der Waals surface area contributed by atoms with Crippen LogP contribution in [0, 0.1) is 0 Å². The Bertz CT molecular complexity index is 1060. The van der Waals surface area contributed by atoms with E-state index in [-0.39, 0.29) is 16.0 Å². The number of thioether (sulfide) groups is 1. The zero-order valence-corrected chi connectivity index (χ0v) is 18.2. The number of carbonyl (C=O) groups is 1. The van der Waals surface area contributed by atoms with Crippen LogP contribution in [0.2, 0.25) is 10.0 Å². The molecule has 7 heteroatoms. The third-order valence-electron chi connectivity index (χ3n) is 5.86. The molecule has 1 spiro atoms. The summed E-state index contributed by atoms with van der Waals surface area (Å²) in [5.41, 5.74) is 2.72. The number of benzene rings is 2. The van der Waals surface area contributed by atoms with Crippen LogP contribution in [-0.2, 0) is 11.2 Å². The van der Waals surface area contributed by atoms with Gasteiger partial charge in [-0.25, -0.2) is 4.98 Å². The SMILES string of the molecule is O=C1C(Cc2nc3ccc(Cl)cc3[nH]2)SC2(CCCCC2)N1c1ccc(Cl)cc1. The van der Waals surface area contributed by atoms with Crippen LogP contribution in [0.25, 0.3) is 11.0 Å². The van der Waals surface area contributed by atoms with Crippen molar-refractivity contribution in [2.45, 2.75) is 48.6 Å². The number of nitrogens with zero attached hydrogens (tertiary/aromatic N) is 2. The number of aromatic nitrogens is 2. The summed E-state index contributed by atoms with van der Waals surface area (Å²) in [7, 11) is 0. The molecule has 0 bridgehead atoms. The summed E-state index contributed by atoms with van der Waals surface area (Å²) in [6.45, 7) is 0. The molecule has 2 aromatic carbocycles. The second-order valence-electron chi connectivity index (χ2n) is 7.81. The van der Waals surface area contributed by atoms with Crippen molar-refractivity contribution in [2.24, 2.45) is 0 Å². The van der Waals surface area contributed by atoms with E-state index in [1.54, 1.807) is 0 Å². The highest BCUT2D eigenvalue weighted by Crippen LogP contribution is 2.52. The molecule has 1 aliphatic heterocycles. The Morgan fingerprint density at radius 1 is 1.07 bits per heavy atom. The lowest BCUT2D eigenvalue weighted by molar-refractivity contribution is -0.118. The predicted octanol–water partition coefficient (Wildman–Crippen LogP) is 6.22. The van der Waals surface area contributed by atoms with Gasteiger partial charge in [-0.05, 0) is 55.3 Å². The van der Waals surface area contributed by atoms with Gasteiger partial charge in [0.25, 0.3) is 0 Å². The average Bonchev–Trinajstić information content (AvgIpc) is 3.21. The van der Waals surface area contributed by atoms with E-state index in [0.717, 1.165) is 48.2 Å². The molecule has 1 saturated heterocycles. The van der Waals surface area contributed by atoms with Gasteiger partial charge in [-0.15, -0.1) is 11.8 Å². The molecule has 3 aromatic rings. The summed E-state index contributed by atoms with van der Waals surface area (Å²) in [6.07, 6.45) is 6.18. The molecule has 1 atom stereocenters. The summed E-state index contributed by atoms with van der Waals surface area (Å²) in [5.74, 6) is 0.995. The number of nitrogens with one attached hydrogen (secondary N) is 1. The van der Waals surface area contributed by atoms with E-state index in [9.17, 15) is 4.79 Å². The number of H-pyrrole nitrogens is 1. The van der Waals surface area contributed by atoms with Crippen LogP contribution in [-0.4, -0.2) is 26.0 Å². The number of aromatic amines is 1. The number of hydrogen-bond acceptors (Lipinski definition) is 3. The van der Waals surface area contributed by atoms with Crippen molar-refractivity contribution >= 4 is 57.6 Å². The topological polar surface area (TPSA) is 49.0 Å². The van der Waals surface area contributed by atoms with Crippen molar-refractivity contribution in [1.29, 1.82) is 0 Å². The fourth-order valence-corrected chi connectivity index (χ4v) is 6.65. The third-order valence-corrected chi connectivity index (χ3v) is 8.03. The Hall–Kier alpha value is -1.69. The molecule has 2 fully saturated rings. The van der Waals surface area contributed by atoms with Gasteiger partial charge in [-0.2, -0.15) is 0 Å².